The third-order valence-electron chi connectivity index (χ3n) is 2.83. The fourth-order valence-electron chi connectivity index (χ4n) is 1.82. The predicted octanol–water partition coefficient (Wildman–Crippen LogP) is 1.90. The Morgan fingerprint density at radius 3 is 2.81 bits per heavy atom. The first-order valence-electron chi connectivity index (χ1n) is 5.72. The van der Waals surface area contributed by atoms with Gasteiger partial charge in [-0.25, -0.2) is 0 Å². The van der Waals surface area contributed by atoms with Gasteiger partial charge >= 0.3 is 0 Å². The van der Waals surface area contributed by atoms with Gasteiger partial charge in [0.2, 0.25) is 0 Å². The molecule has 0 aromatic heterocycles. The lowest BCUT2D eigenvalue weighted by atomic mass is 10.1. The van der Waals surface area contributed by atoms with Gasteiger partial charge in [-0.1, -0.05) is 17.7 Å². The summed E-state index contributed by atoms with van der Waals surface area (Å²) in [6, 6.07) is 7.59. The van der Waals surface area contributed by atoms with Gasteiger partial charge in [-0.15, -0.1) is 0 Å². The van der Waals surface area contributed by atoms with Crippen molar-refractivity contribution in [1.82, 2.24) is 5.32 Å². The van der Waals surface area contributed by atoms with Gasteiger partial charge in [0.1, 0.15) is 0 Å². The topological polar surface area (TPSA) is 38.3 Å². The van der Waals surface area contributed by atoms with E-state index < -0.39 is 0 Å². The zero-order valence-corrected chi connectivity index (χ0v) is 9.53. The number of carbonyl (C=O) groups is 1. The molecule has 0 bridgehead atoms. The summed E-state index contributed by atoms with van der Waals surface area (Å²) < 4.78 is 5.44. The molecule has 3 heteroatoms. The summed E-state index contributed by atoms with van der Waals surface area (Å²) in [7, 11) is 0. The highest BCUT2D eigenvalue weighted by Crippen LogP contribution is 2.11. The van der Waals surface area contributed by atoms with Crippen LogP contribution in [0.4, 0.5) is 0 Å². The van der Waals surface area contributed by atoms with Crippen molar-refractivity contribution in [2.75, 3.05) is 13.2 Å². The molecule has 1 saturated heterocycles. The largest absolute Gasteiger partial charge is 0.376 e. The number of hydrogen-bond acceptors (Lipinski definition) is 2. The van der Waals surface area contributed by atoms with Gasteiger partial charge in [-0.05, 0) is 31.9 Å². The molecule has 1 amide bonds. The van der Waals surface area contributed by atoms with Crippen LogP contribution in [0.3, 0.4) is 0 Å². The van der Waals surface area contributed by atoms with Crippen molar-refractivity contribution < 1.29 is 9.53 Å². The zero-order valence-electron chi connectivity index (χ0n) is 9.53. The Kier molecular flexibility index (Phi) is 3.57. The Labute approximate surface area is 95.8 Å². The number of rotatable bonds is 3. The van der Waals surface area contributed by atoms with E-state index in [1.807, 2.05) is 31.2 Å². The normalized spacial score (nSPS) is 19.7. The monoisotopic (exact) mass is 219 g/mol. The van der Waals surface area contributed by atoms with E-state index in [4.69, 9.17) is 4.74 Å². The van der Waals surface area contributed by atoms with Crippen molar-refractivity contribution in [3.63, 3.8) is 0 Å². The molecule has 0 aliphatic carbocycles. The molecular formula is C13H17NO2. The number of amides is 1. The van der Waals surface area contributed by atoms with Crippen molar-refractivity contribution in [3.05, 3.63) is 35.4 Å². The predicted molar refractivity (Wildman–Crippen MR) is 62.5 cm³/mol. The second kappa shape index (κ2) is 5.12. The Balaban J connectivity index is 1.85. The number of aryl methyl sites for hydroxylation is 1. The van der Waals surface area contributed by atoms with Crippen LogP contribution in [0.2, 0.25) is 0 Å². The minimum absolute atomic E-state index is 0.0181. The molecule has 0 saturated carbocycles. The quantitative estimate of drug-likeness (QED) is 0.843. The number of ether oxygens (including phenoxy) is 1. The average molecular weight is 219 g/mol. The Hall–Kier alpha value is -1.35. The van der Waals surface area contributed by atoms with Gasteiger partial charge < -0.3 is 10.1 Å². The molecule has 1 heterocycles. The van der Waals surface area contributed by atoms with Crippen molar-refractivity contribution in [2.24, 2.45) is 0 Å². The van der Waals surface area contributed by atoms with Crippen LogP contribution in [0.5, 0.6) is 0 Å². The lowest BCUT2D eigenvalue weighted by Gasteiger charge is -2.10. The molecule has 1 aliphatic rings. The minimum Gasteiger partial charge on any atom is -0.376 e. The standard InChI is InChI=1S/C13H17NO2/c1-10-4-6-11(7-5-10)13(15)14-9-12-3-2-8-16-12/h4-7,12H,2-3,8-9H2,1H3,(H,14,15)/t12-/m1/s1. The molecule has 0 spiro atoms. The van der Waals surface area contributed by atoms with Gasteiger partial charge in [0.05, 0.1) is 6.10 Å². The molecule has 0 radical (unpaired) electrons. The van der Waals surface area contributed by atoms with Crippen LogP contribution in [-0.2, 0) is 4.74 Å². The van der Waals surface area contributed by atoms with Crippen LogP contribution in [0, 0.1) is 6.92 Å². The van der Waals surface area contributed by atoms with Crippen LogP contribution >= 0.6 is 0 Å². The van der Waals surface area contributed by atoms with Crippen LogP contribution in [0.25, 0.3) is 0 Å². The third kappa shape index (κ3) is 2.83. The molecule has 86 valence electrons. The van der Waals surface area contributed by atoms with Crippen LogP contribution in [0.15, 0.2) is 24.3 Å². The molecule has 1 fully saturated rings. The maximum Gasteiger partial charge on any atom is 0.251 e. The Morgan fingerprint density at radius 1 is 1.44 bits per heavy atom. The van der Waals surface area contributed by atoms with E-state index in [0.29, 0.717) is 12.1 Å². The lowest BCUT2D eigenvalue weighted by molar-refractivity contribution is 0.0858. The lowest BCUT2D eigenvalue weighted by Crippen LogP contribution is -2.31. The van der Waals surface area contributed by atoms with Crippen LogP contribution in [0.1, 0.15) is 28.8 Å². The van der Waals surface area contributed by atoms with E-state index in [9.17, 15) is 4.79 Å². The first-order chi connectivity index (χ1) is 7.75. The Morgan fingerprint density at radius 2 is 2.19 bits per heavy atom. The van der Waals surface area contributed by atoms with E-state index in [1.54, 1.807) is 0 Å². The van der Waals surface area contributed by atoms with Crippen molar-refractivity contribution in [3.8, 4) is 0 Å². The highest BCUT2D eigenvalue weighted by atomic mass is 16.5. The summed E-state index contributed by atoms with van der Waals surface area (Å²) in [4.78, 5) is 11.7. The SMILES string of the molecule is Cc1ccc(C(=O)NC[C@H]2CCCO2)cc1. The van der Waals surface area contributed by atoms with Crippen molar-refractivity contribution >= 4 is 5.91 Å². The fourth-order valence-corrected chi connectivity index (χ4v) is 1.82. The smallest absolute Gasteiger partial charge is 0.251 e. The van der Waals surface area contributed by atoms with E-state index in [2.05, 4.69) is 5.32 Å². The summed E-state index contributed by atoms with van der Waals surface area (Å²) >= 11 is 0. The van der Waals surface area contributed by atoms with Gasteiger partial charge in [0, 0.05) is 18.7 Å². The summed E-state index contributed by atoms with van der Waals surface area (Å²) in [5, 5.41) is 2.90. The number of nitrogens with one attached hydrogen (secondary N) is 1. The van der Waals surface area contributed by atoms with E-state index >= 15 is 0 Å². The second-order valence-corrected chi connectivity index (χ2v) is 4.21. The molecule has 0 unspecified atom stereocenters. The van der Waals surface area contributed by atoms with E-state index in [-0.39, 0.29) is 12.0 Å². The van der Waals surface area contributed by atoms with Gasteiger partial charge in [-0.3, -0.25) is 4.79 Å². The van der Waals surface area contributed by atoms with Crippen LogP contribution < -0.4 is 5.32 Å². The minimum atomic E-state index is -0.0181. The molecule has 1 aromatic carbocycles. The van der Waals surface area contributed by atoms with Crippen LogP contribution in [-0.4, -0.2) is 25.2 Å². The van der Waals surface area contributed by atoms with Gasteiger partial charge in [0.15, 0.2) is 0 Å². The highest BCUT2D eigenvalue weighted by Gasteiger charge is 2.16. The first kappa shape index (κ1) is 11.1. The fraction of sp³-hybridized carbons (Fsp3) is 0.462. The molecule has 16 heavy (non-hydrogen) atoms. The highest BCUT2D eigenvalue weighted by molar-refractivity contribution is 5.94. The summed E-state index contributed by atoms with van der Waals surface area (Å²) in [5.74, 6) is -0.0181. The summed E-state index contributed by atoms with van der Waals surface area (Å²) in [6.07, 6.45) is 2.36. The second-order valence-electron chi connectivity index (χ2n) is 4.21. The third-order valence-corrected chi connectivity index (χ3v) is 2.83. The van der Waals surface area contributed by atoms with E-state index in [0.717, 1.165) is 25.0 Å². The Bertz CT molecular complexity index is 353. The maximum absolute atomic E-state index is 11.7. The van der Waals surface area contributed by atoms with Crippen molar-refractivity contribution in [1.29, 1.82) is 0 Å². The first-order valence-corrected chi connectivity index (χ1v) is 5.72. The summed E-state index contributed by atoms with van der Waals surface area (Å²) in [5.41, 5.74) is 1.87. The molecule has 3 nitrogen and oxygen atoms in total. The van der Waals surface area contributed by atoms with Crippen molar-refractivity contribution in [2.45, 2.75) is 25.9 Å². The zero-order chi connectivity index (χ0) is 11.4. The molecule has 2 rings (SSSR count). The van der Waals surface area contributed by atoms with Gasteiger partial charge in [0.25, 0.3) is 5.91 Å². The number of hydrogen-bond donors (Lipinski definition) is 1. The molecule has 1 aliphatic heterocycles. The molecule has 1 N–H and O–H groups in total. The average Bonchev–Trinajstić information content (AvgIpc) is 2.80. The van der Waals surface area contributed by atoms with E-state index in [1.165, 1.54) is 0 Å². The molecule has 1 atom stereocenters. The summed E-state index contributed by atoms with van der Waals surface area (Å²) in [6.45, 7) is 3.45. The molecular weight excluding hydrogens is 202 g/mol. The number of carbonyl (C=O) groups excluding carboxylic acids is 1. The maximum atomic E-state index is 11.7. The van der Waals surface area contributed by atoms with Gasteiger partial charge in [-0.2, -0.15) is 0 Å². The molecule has 1 aromatic rings. The number of benzene rings is 1.